The molecule has 0 N–H and O–H groups in total. The molecule has 1 unspecified atom stereocenters. The van der Waals surface area contributed by atoms with Crippen LogP contribution in [0.4, 0.5) is 4.39 Å². The van der Waals surface area contributed by atoms with Crippen molar-refractivity contribution in [1.82, 2.24) is 9.97 Å². The van der Waals surface area contributed by atoms with Crippen LogP contribution in [-0.2, 0) is 26.5 Å². The average Bonchev–Trinajstić information content (AvgIpc) is 3.50. The topological polar surface area (TPSA) is 38.9 Å². The first-order valence-electron chi connectivity index (χ1n) is 17.7. The van der Waals surface area contributed by atoms with Crippen molar-refractivity contribution in [3.8, 4) is 22.5 Å². The molecule has 0 aliphatic rings. The van der Waals surface area contributed by atoms with Gasteiger partial charge in [-0.1, -0.05) is 62.7 Å². The number of fused-ring (bicyclic) bond motifs is 3. The van der Waals surface area contributed by atoms with Gasteiger partial charge < -0.3 is 4.98 Å². The maximum atomic E-state index is 13.5. The molecule has 3 nitrogen and oxygen atoms in total. The van der Waals surface area contributed by atoms with Gasteiger partial charge in [-0.3, -0.25) is 0 Å². The molecule has 251 valence electrons. The van der Waals surface area contributed by atoms with Crippen LogP contribution in [0, 0.1) is 23.9 Å². The van der Waals surface area contributed by atoms with Gasteiger partial charge in [-0.25, -0.2) is 0 Å². The quantitative estimate of drug-likeness (QED) is 0.118. The Morgan fingerprint density at radius 2 is 1.59 bits per heavy atom. The van der Waals surface area contributed by atoms with E-state index < -0.39 is 25.5 Å². The summed E-state index contributed by atoms with van der Waals surface area (Å²) < 4.78 is 46.3. The van der Waals surface area contributed by atoms with E-state index in [-0.39, 0.29) is 31.8 Å². The number of rotatable bonds is 7. The van der Waals surface area contributed by atoms with Crippen LogP contribution in [0.25, 0.3) is 44.5 Å². The molecular formula is C43H41FGeIrN2O-2. The molecular weight excluding hydrogens is 844 g/mol. The minimum absolute atomic E-state index is 0. The first-order valence-corrected chi connectivity index (χ1v) is 23.5. The molecule has 0 amide bonds. The zero-order valence-corrected chi connectivity index (χ0v) is 33.1. The van der Waals surface area contributed by atoms with Gasteiger partial charge in [0.2, 0.25) is 0 Å². The molecule has 49 heavy (non-hydrogen) atoms. The molecule has 0 saturated carbocycles. The van der Waals surface area contributed by atoms with Crippen LogP contribution in [0.3, 0.4) is 0 Å². The van der Waals surface area contributed by atoms with Crippen LogP contribution in [0.15, 0.2) is 120 Å². The number of pyridine rings is 2. The second kappa shape index (κ2) is 15.8. The third kappa shape index (κ3) is 8.64. The van der Waals surface area contributed by atoms with E-state index in [1.807, 2.05) is 93.7 Å². The Balaban J connectivity index is 0.000000198. The fourth-order valence-corrected chi connectivity index (χ4v) is 7.77. The molecule has 0 saturated heterocycles. The van der Waals surface area contributed by atoms with E-state index in [9.17, 15) is 4.39 Å². The van der Waals surface area contributed by atoms with Gasteiger partial charge in [-0.2, -0.15) is 0 Å². The normalized spacial score (nSPS) is 13.8. The summed E-state index contributed by atoms with van der Waals surface area (Å²) in [4.78, 5) is 9.05. The second-order valence-corrected chi connectivity index (χ2v) is 23.9. The molecule has 0 spiro atoms. The minimum atomic E-state index is -1.88. The third-order valence-corrected chi connectivity index (χ3v) is 12.5. The molecule has 1 atom stereocenters. The first-order chi connectivity index (χ1) is 24.2. The number of furan rings is 1. The zero-order chi connectivity index (χ0) is 36.6. The van der Waals surface area contributed by atoms with Crippen molar-refractivity contribution in [2.24, 2.45) is 5.92 Å². The molecule has 7 rings (SSSR count). The van der Waals surface area contributed by atoms with Crippen LogP contribution >= 0.6 is 0 Å². The van der Waals surface area contributed by atoms with Crippen molar-refractivity contribution in [3.05, 3.63) is 150 Å². The van der Waals surface area contributed by atoms with Crippen LogP contribution in [0.5, 0.6) is 0 Å². The van der Waals surface area contributed by atoms with E-state index in [4.69, 9.17) is 8.53 Å². The molecule has 0 bridgehead atoms. The summed E-state index contributed by atoms with van der Waals surface area (Å²) in [5.74, 6) is 5.70. The Morgan fingerprint density at radius 3 is 2.31 bits per heavy atom. The molecule has 0 aliphatic carbocycles. The van der Waals surface area contributed by atoms with Crippen molar-refractivity contribution < 1.29 is 33.0 Å². The van der Waals surface area contributed by atoms with Gasteiger partial charge >= 0.3 is 142 Å². The summed E-state index contributed by atoms with van der Waals surface area (Å²) in [5, 5.41) is 1.86. The van der Waals surface area contributed by atoms with Crippen LogP contribution in [0.2, 0.25) is 17.3 Å². The van der Waals surface area contributed by atoms with Gasteiger partial charge in [0, 0.05) is 30.4 Å². The van der Waals surface area contributed by atoms with Crippen LogP contribution < -0.4 is 4.40 Å². The summed E-state index contributed by atoms with van der Waals surface area (Å²) >= 11 is -1.88. The maximum Gasteiger partial charge on any atom is 0 e. The zero-order valence-electron chi connectivity index (χ0n) is 31.6. The first kappa shape index (κ1) is 32.3. The van der Waals surface area contributed by atoms with Gasteiger partial charge in [0.25, 0.3) is 0 Å². The van der Waals surface area contributed by atoms with Crippen LogP contribution in [0.1, 0.15) is 47.5 Å². The smallest absolute Gasteiger partial charge is 0 e. The Bertz CT molecular complexity index is 2300. The fourth-order valence-electron chi connectivity index (χ4n) is 5.59. The Labute approximate surface area is 310 Å². The van der Waals surface area contributed by atoms with Crippen molar-refractivity contribution in [2.75, 3.05) is 0 Å². The van der Waals surface area contributed by atoms with E-state index in [1.165, 1.54) is 16.5 Å². The SMILES string of the molecule is [2H]C(C)(c1ccccc1)c1cc[c-]c(-c2cc(C([2H])([2H])C(C)C)ccn2)c1.[CH3][Ge]([CH3])([CH3])[c]1ccc(-c2[c-]ccc3c2oc2cc(F)ccc23)nc1.[Ir]. The van der Waals surface area contributed by atoms with E-state index in [2.05, 4.69) is 45.4 Å². The molecule has 0 aliphatic heterocycles. The van der Waals surface area contributed by atoms with Gasteiger partial charge in [0.05, 0.1) is 0 Å². The summed E-state index contributed by atoms with van der Waals surface area (Å²) in [7, 11) is 0. The molecule has 3 aromatic heterocycles. The van der Waals surface area contributed by atoms with E-state index >= 15 is 0 Å². The number of halogens is 1. The third-order valence-electron chi connectivity index (χ3n) is 8.21. The van der Waals surface area contributed by atoms with Gasteiger partial charge in [0.1, 0.15) is 0 Å². The number of hydrogen-bond acceptors (Lipinski definition) is 3. The molecule has 7 aromatic rings. The van der Waals surface area contributed by atoms with Gasteiger partial charge in [0.15, 0.2) is 0 Å². The standard InChI is InChI=1S/C23H24N.C20H17FGeNO.Ir/c1-17(2)14-19-12-13-24-23(15-19)22-11-7-10-21(16-22)18(3)20-8-5-4-6-9-20;1-22(2,3)14-8-10-18(23-12-14)17-6-4-5-16-15-9-7-13(21)11-19(15)24-20(16)17;/h4-10,12-13,15-18H,14H2,1-3H3;4-5,7-12H,1-3H3;/q2*-1;/i14D2,18D;;. The summed E-state index contributed by atoms with van der Waals surface area (Å²) in [5.41, 5.74) is 6.71. The number of aromatic nitrogens is 2. The number of hydrogen-bond donors (Lipinski definition) is 0. The molecule has 6 heteroatoms. The van der Waals surface area contributed by atoms with Crippen molar-refractivity contribution in [3.63, 3.8) is 0 Å². The molecule has 3 heterocycles. The molecule has 1 radical (unpaired) electrons. The van der Waals surface area contributed by atoms with Crippen molar-refractivity contribution >= 4 is 39.6 Å². The monoisotopic (exact) mass is 890 g/mol. The predicted molar refractivity (Wildman–Crippen MR) is 200 cm³/mol. The Hall–Kier alpha value is -3.90. The largest absolute Gasteiger partial charge is 0 e. The average molecular weight is 889 g/mol. The Kier molecular flexibility index (Phi) is 10.4. The summed E-state index contributed by atoms with van der Waals surface area (Å²) in [6.45, 7) is 5.62. The van der Waals surface area contributed by atoms with Crippen molar-refractivity contribution in [2.45, 2.75) is 50.3 Å². The second-order valence-electron chi connectivity index (χ2n) is 13.2. The van der Waals surface area contributed by atoms with Crippen molar-refractivity contribution in [1.29, 1.82) is 0 Å². The molecule has 4 aromatic carbocycles. The molecule has 0 fully saturated rings. The number of benzene rings is 4. The predicted octanol–water partition coefficient (Wildman–Crippen LogP) is 11.0. The summed E-state index contributed by atoms with van der Waals surface area (Å²) in [6.07, 6.45) is 2.19. The van der Waals surface area contributed by atoms with Gasteiger partial charge in [-0.15, -0.1) is 35.4 Å². The van der Waals surface area contributed by atoms with Crippen LogP contribution in [-0.4, -0.2) is 23.2 Å². The Morgan fingerprint density at radius 1 is 0.816 bits per heavy atom. The number of nitrogens with zero attached hydrogens (tertiary/aromatic N) is 2. The van der Waals surface area contributed by atoms with Gasteiger partial charge in [-0.05, 0) is 35.5 Å². The summed E-state index contributed by atoms with van der Waals surface area (Å²) in [6, 6.07) is 38.0. The van der Waals surface area contributed by atoms with E-state index in [1.54, 1.807) is 24.4 Å². The maximum absolute atomic E-state index is 13.5. The fraction of sp³-hybridized carbons (Fsp3) is 0.209. The van der Waals surface area contributed by atoms with E-state index in [0.29, 0.717) is 22.4 Å². The van der Waals surface area contributed by atoms with E-state index in [0.717, 1.165) is 38.7 Å². The minimum Gasteiger partial charge on any atom is 0 e.